The molecule has 28 heavy (non-hydrogen) atoms. The van der Waals surface area contributed by atoms with Crippen LogP contribution in [-0.2, 0) is 6.42 Å². The topological polar surface area (TPSA) is 38.1 Å². The second-order valence-corrected chi connectivity index (χ2v) is 8.02. The van der Waals surface area contributed by atoms with E-state index in [-0.39, 0.29) is 34.8 Å². The van der Waals surface area contributed by atoms with Crippen molar-refractivity contribution < 1.29 is 17.6 Å². The molecule has 2 aromatic heterocycles. The number of hydrogen-bond donors (Lipinski definition) is 1. The average Bonchev–Trinajstić information content (AvgIpc) is 3.01. The summed E-state index contributed by atoms with van der Waals surface area (Å²) < 4.78 is 48.8. The van der Waals surface area contributed by atoms with Gasteiger partial charge in [0.1, 0.15) is 15.8 Å². The lowest BCUT2D eigenvalue weighted by molar-refractivity contribution is -0.182. The standard InChI is InChI=1S/C20H19Cl2F3N2O/c1-12(2)10-19(20(23,24)25,11-13-8-16(21)26-17(22)9-13)27-15-5-3-4-14-6-7-28-18(14)15/h3-9,12,27H,10-11H2,1-2H3. The van der Waals surface area contributed by atoms with Crippen LogP contribution in [0.3, 0.4) is 0 Å². The van der Waals surface area contributed by atoms with Crippen molar-refractivity contribution in [1.82, 2.24) is 4.98 Å². The molecular formula is C20H19Cl2F3N2O. The average molecular weight is 431 g/mol. The smallest absolute Gasteiger partial charge is 0.411 e. The lowest BCUT2D eigenvalue weighted by Gasteiger charge is -2.39. The van der Waals surface area contributed by atoms with E-state index in [0.717, 1.165) is 5.39 Å². The molecule has 0 amide bonds. The molecule has 1 aromatic carbocycles. The molecule has 3 nitrogen and oxygen atoms in total. The van der Waals surface area contributed by atoms with E-state index < -0.39 is 11.7 Å². The number of hydrogen-bond acceptors (Lipinski definition) is 3. The van der Waals surface area contributed by atoms with E-state index in [1.165, 1.54) is 18.4 Å². The van der Waals surface area contributed by atoms with E-state index in [4.69, 9.17) is 27.6 Å². The molecule has 0 fully saturated rings. The van der Waals surface area contributed by atoms with Gasteiger partial charge < -0.3 is 9.73 Å². The summed E-state index contributed by atoms with van der Waals surface area (Å²) >= 11 is 11.8. The molecular weight excluding hydrogens is 412 g/mol. The summed E-state index contributed by atoms with van der Waals surface area (Å²) in [6.07, 6.45) is -3.59. The van der Waals surface area contributed by atoms with Gasteiger partial charge in [0, 0.05) is 11.8 Å². The van der Waals surface area contributed by atoms with Crippen LogP contribution < -0.4 is 5.32 Å². The number of fused-ring (bicyclic) bond motifs is 1. The van der Waals surface area contributed by atoms with Crippen molar-refractivity contribution >= 4 is 39.9 Å². The third-order valence-corrected chi connectivity index (χ3v) is 4.87. The van der Waals surface area contributed by atoms with Crippen molar-refractivity contribution in [3.63, 3.8) is 0 Å². The van der Waals surface area contributed by atoms with Crippen molar-refractivity contribution in [2.24, 2.45) is 5.92 Å². The lowest BCUT2D eigenvalue weighted by Crippen LogP contribution is -2.54. The zero-order chi connectivity index (χ0) is 20.5. The molecule has 2 heterocycles. The van der Waals surface area contributed by atoms with Gasteiger partial charge in [0.15, 0.2) is 5.58 Å². The van der Waals surface area contributed by atoms with Crippen LogP contribution >= 0.6 is 23.2 Å². The molecule has 0 spiro atoms. The fourth-order valence-corrected chi connectivity index (χ4v) is 3.97. The number of furan rings is 1. The Morgan fingerprint density at radius 1 is 1.11 bits per heavy atom. The molecule has 0 saturated carbocycles. The van der Waals surface area contributed by atoms with Crippen LogP contribution in [0.2, 0.25) is 10.3 Å². The van der Waals surface area contributed by atoms with Gasteiger partial charge in [-0.15, -0.1) is 0 Å². The van der Waals surface area contributed by atoms with Gasteiger partial charge >= 0.3 is 6.18 Å². The molecule has 0 bridgehead atoms. The second-order valence-electron chi connectivity index (χ2n) is 7.24. The number of benzene rings is 1. The van der Waals surface area contributed by atoms with E-state index in [2.05, 4.69) is 10.3 Å². The molecule has 8 heteroatoms. The summed E-state index contributed by atoms with van der Waals surface area (Å²) in [4.78, 5) is 3.82. The van der Waals surface area contributed by atoms with Crippen LogP contribution in [0, 0.1) is 5.92 Å². The summed E-state index contributed by atoms with van der Waals surface area (Å²) in [5.74, 6) is -0.224. The van der Waals surface area contributed by atoms with Crippen molar-refractivity contribution in [2.75, 3.05) is 5.32 Å². The Kier molecular flexibility index (Phi) is 5.82. The Bertz CT molecular complexity index is 951. The highest BCUT2D eigenvalue weighted by molar-refractivity contribution is 6.32. The maximum atomic E-state index is 14.5. The number of rotatable bonds is 6. The molecule has 0 aliphatic rings. The van der Waals surface area contributed by atoms with Crippen LogP contribution in [0.25, 0.3) is 11.0 Å². The number of pyridine rings is 1. The van der Waals surface area contributed by atoms with Crippen LogP contribution in [0.5, 0.6) is 0 Å². The van der Waals surface area contributed by atoms with Crippen LogP contribution in [0.15, 0.2) is 47.1 Å². The highest BCUT2D eigenvalue weighted by atomic mass is 35.5. The molecule has 3 aromatic rings. The molecule has 0 radical (unpaired) electrons. The summed E-state index contributed by atoms with van der Waals surface area (Å²) in [7, 11) is 0. The van der Waals surface area contributed by atoms with Gasteiger partial charge in [-0.05, 0) is 42.2 Å². The summed E-state index contributed by atoms with van der Waals surface area (Å²) in [6, 6.07) is 9.58. The maximum absolute atomic E-state index is 14.5. The van der Waals surface area contributed by atoms with Gasteiger partial charge in [-0.3, -0.25) is 0 Å². The monoisotopic (exact) mass is 430 g/mol. The van der Waals surface area contributed by atoms with Crippen molar-refractivity contribution in [3.8, 4) is 0 Å². The van der Waals surface area contributed by atoms with Crippen molar-refractivity contribution in [3.05, 3.63) is 58.5 Å². The SMILES string of the molecule is CC(C)CC(Cc1cc(Cl)nc(Cl)c1)(Nc1cccc2ccoc12)C(F)(F)F. The minimum Gasteiger partial charge on any atom is -0.462 e. The number of para-hydroxylation sites is 1. The summed E-state index contributed by atoms with van der Waals surface area (Å²) in [5, 5.41) is 3.58. The zero-order valence-electron chi connectivity index (χ0n) is 15.3. The van der Waals surface area contributed by atoms with E-state index in [0.29, 0.717) is 11.1 Å². The minimum atomic E-state index is -4.55. The predicted molar refractivity (Wildman–Crippen MR) is 106 cm³/mol. The Labute approximate surface area is 170 Å². The first-order chi connectivity index (χ1) is 13.1. The predicted octanol–water partition coefficient (Wildman–Crippen LogP) is 7.14. The van der Waals surface area contributed by atoms with Gasteiger partial charge in [-0.1, -0.05) is 49.2 Å². The lowest BCUT2D eigenvalue weighted by atomic mass is 9.82. The van der Waals surface area contributed by atoms with Crippen molar-refractivity contribution in [2.45, 2.75) is 38.4 Å². The highest BCUT2D eigenvalue weighted by Crippen LogP contribution is 2.42. The number of nitrogens with zero attached hydrogens (tertiary/aromatic N) is 1. The fraction of sp³-hybridized carbons (Fsp3) is 0.350. The van der Waals surface area contributed by atoms with Crippen molar-refractivity contribution in [1.29, 1.82) is 0 Å². The summed E-state index contributed by atoms with van der Waals surface area (Å²) in [6.45, 7) is 3.50. The molecule has 1 atom stereocenters. The highest BCUT2D eigenvalue weighted by Gasteiger charge is 2.55. The largest absolute Gasteiger partial charge is 0.462 e. The molecule has 1 N–H and O–H groups in total. The van der Waals surface area contributed by atoms with Gasteiger partial charge in [-0.25, -0.2) is 4.98 Å². The first kappa shape index (κ1) is 20.8. The minimum absolute atomic E-state index is 0.0521. The number of aromatic nitrogens is 1. The first-order valence-electron chi connectivity index (χ1n) is 8.73. The quantitative estimate of drug-likeness (QED) is 0.422. The normalized spacial score (nSPS) is 14.4. The number of anilines is 1. The van der Waals surface area contributed by atoms with Gasteiger partial charge in [-0.2, -0.15) is 13.2 Å². The second kappa shape index (κ2) is 7.84. The van der Waals surface area contributed by atoms with Gasteiger partial charge in [0.25, 0.3) is 0 Å². The Morgan fingerprint density at radius 2 is 1.79 bits per heavy atom. The number of alkyl halides is 3. The first-order valence-corrected chi connectivity index (χ1v) is 9.48. The molecule has 1 unspecified atom stereocenters. The van der Waals surface area contributed by atoms with Crippen LogP contribution in [0.4, 0.5) is 18.9 Å². The van der Waals surface area contributed by atoms with Crippen LogP contribution in [-0.4, -0.2) is 16.7 Å². The Balaban J connectivity index is 2.10. The molecule has 150 valence electrons. The van der Waals surface area contributed by atoms with Gasteiger partial charge in [0.2, 0.25) is 0 Å². The Hall–Kier alpha value is -1.92. The van der Waals surface area contributed by atoms with Gasteiger partial charge in [0.05, 0.1) is 12.0 Å². The van der Waals surface area contributed by atoms with E-state index in [9.17, 15) is 13.2 Å². The number of halogens is 5. The number of nitrogens with one attached hydrogen (secondary N) is 1. The van der Waals surface area contributed by atoms with E-state index in [1.54, 1.807) is 38.1 Å². The molecule has 0 saturated heterocycles. The third-order valence-electron chi connectivity index (χ3n) is 4.48. The van der Waals surface area contributed by atoms with E-state index >= 15 is 0 Å². The summed E-state index contributed by atoms with van der Waals surface area (Å²) in [5.41, 5.74) is -1.23. The van der Waals surface area contributed by atoms with E-state index in [1.807, 2.05) is 0 Å². The molecule has 0 aliphatic heterocycles. The third kappa shape index (κ3) is 4.39. The maximum Gasteiger partial charge on any atom is 0.411 e. The Morgan fingerprint density at radius 3 is 2.39 bits per heavy atom. The zero-order valence-corrected chi connectivity index (χ0v) is 16.8. The molecule has 3 rings (SSSR count). The molecule has 0 aliphatic carbocycles. The van der Waals surface area contributed by atoms with Crippen LogP contribution in [0.1, 0.15) is 25.8 Å². The fourth-order valence-electron chi connectivity index (χ4n) is 3.47.